The van der Waals surface area contributed by atoms with Gasteiger partial charge in [0, 0.05) is 20.8 Å². The van der Waals surface area contributed by atoms with E-state index in [0.717, 1.165) is 18.7 Å². The van der Waals surface area contributed by atoms with Gasteiger partial charge >= 0.3 is 17.9 Å². The quantitative estimate of drug-likeness (QED) is 0.321. The number of carbonyl (C=O) groups is 5. The molecule has 3 heterocycles. The average molecular weight is 487 g/mol. The van der Waals surface area contributed by atoms with E-state index >= 15 is 0 Å². The number of aromatic nitrogens is 4. The first-order chi connectivity index (χ1) is 16.7. The van der Waals surface area contributed by atoms with E-state index in [1.807, 2.05) is 0 Å². The van der Waals surface area contributed by atoms with Gasteiger partial charge in [-0.1, -0.05) is 17.3 Å². The highest BCUT2D eigenvalue weighted by Crippen LogP contribution is 2.40. The molecule has 14 nitrogen and oxygen atoms in total. The Bertz CT molecular complexity index is 1130. The first kappa shape index (κ1) is 23.9. The molecule has 1 fully saturated rings. The zero-order chi connectivity index (χ0) is 25.3. The van der Waals surface area contributed by atoms with Crippen LogP contribution in [0.2, 0.25) is 0 Å². The van der Waals surface area contributed by atoms with Gasteiger partial charge < -0.3 is 18.9 Å². The summed E-state index contributed by atoms with van der Waals surface area (Å²) in [4.78, 5) is 63.1. The largest absolute Gasteiger partial charge is 0.463 e. The number of aromatic amines is 1. The Morgan fingerprint density at radius 1 is 0.971 bits per heavy atom. The van der Waals surface area contributed by atoms with Gasteiger partial charge in [0.25, 0.3) is 11.8 Å². The van der Waals surface area contributed by atoms with Crippen molar-refractivity contribution < 1.29 is 42.9 Å². The molecular formula is C21H21N5O9. The first-order valence-corrected chi connectivity index (χ1v) is 10.5. The molecule has 1 saturated heterocycles. The Hall–Kier alpha value is -4.20. The van der Waals surface area contributed by atoms with Gasteiger partial charge in [-0.25, -0.2) is 0 Å². The van der Waals surface area contributed by atoms with Gasteiger partial charge in [-0.3, -0.25) is 28.9 Å². The molecule has 0 aliphatic carbocycles. The predicted molar refractivity (Wildman–Crippen MR) is 110 cm³/mol. The van der Waals surface area contributed by atoms with Gasteiger partial charge in [0.2, 0.25) is 5.82 Å². The van der Waals surface area contributed by atoms with Crippen molar-refractivity contribution >= 4 is 29.7 Å². The summed E-state index contributed by atoms with van der Waals surface area (Å²) >= 11 is 0. The second-order valence-corrected chi connectivity index (χ2v) is 7.83. The minimum atomic E-state index is -1.42. The zero-order valence-electron chi connectivity index (χ0n) is 18.9. The van der Waals surface area contributed by atoms with E-state index in [4.69, 9.17) is 18.9 Å². The first-order valence-electron chi connectivity index (χ1n) is 10.5. The number of fused-ring (bicyclic) bond motifs is 1. The van der Waals surface area contributed by atoms with Crippen LogP contribution in [0.3, 0.4) is 0 Å². The number of tetrazole rings is 1. The van der Waals surface area contributed by atoms with Gasteiger partial charge in [0.1, 0.15) is 24.9 Å². The minimum Gasteiger partial charge on any atom is -0.463 e. The maximum atomic E-state index is 13.3. The molecule has 2 aliphatic rings. The molecule has 2 aromatic rings. The molecule has 1 N–H and O–H groups in total. The molecule has 14 heteroatoms. The highest BCUT2D eigenvalue weighted by Gasteiger charge is 2.58. The van der Waals surface area contributed by atoms with Crippen LogP contribution in [0, 0.1) is 0 Å². The summed E-state index contributed by atoms with van der Waals surface area (Å²) < 4.78 is 22.0. The lowest BCUT2D eigenvalue weighted by molar-refractivity contribution is -0.232. The third kappa shape index (κ3) is 4.59. The number of nitrogens with zero attached hydrogens (tertiary/aromatic N) is 4. The second kappa shape index (κ2) is 9.58. The van der Waals surface area contributed by atoms with Crippen LogP contribution in [0.1, 0.15) is 53.4 Å². The van der Waals surface area contributed by atoms with Crippen molar-refractivity contribution in [2.45, 2.75) is 51.2 Å². The topological polar surface area (TPSA) is 180 Å². The van der Waals surface area contributed by atoms with E-state index in [1.165, 1.54) is 19.1 Å². The fourth-order valence-corrected chi connectivity index (χ4v) is 4.19. The molecule has 5 atom stereocenters. The number of carbonyl (C=O) groups excluding carboxylic acids is 5. The minimum absolute atomic E-state index is 0.0715. The molecule has 5 unspecified atom stereocenters. The van der Waals surface area contributed by atoms with Gasteiger partial charge in [0.05, 0.1) is 11.1 Å². The number of nitrogens with one attached hydrogen (secondary N) is 1. The summed E-state index contributed by atoms with van der Waals surface area (Å²) in [5.41, 5.74) is 0.272. The summed E-state index contributed by atoms with van der Waals surface area (Å²) in [6, 6.07) is 4.80. The van der Waals surface area contributed by atoms with Crippen molar-refractivity contribution in [3.63, 3.8) is 0 Å². The van der Waals surface area contributed by atoms with E-state index in [2.05, 4.69) is 20.6 Å². The molecule has 0 bridgehead atoms. The molecule has 0 radical (unpaired) electrons. The van der Waals surface area contributed by atoms with E-state index in [-0.39, 0.29) is 17.0 Å². The number of ether oxygens (including phenoxy) is 4. The Balaban J connectivity index is 1.84. The number of rotatable bonds is 6. The van der Waals surface area contributed by atoms with Crippen molar-refractivity contribution in [2.75, 3.05) is 6.61 Å². The Morgan fingerprint density at radius 2 is 1.57 bits per heavy atom. The number of H-pyrrole nitrogens is 1. The number of esters is 3. The van der Waals surface area contributed by atoms with Gasteiger partial charge in [-0.15, -0.1) is 10.2 Å². The SMILES string of the molecule is CC(=O)OCC1OC(c2nn[nH]n2)C(N2C(=O)c3ccccc3C2=O)C(OC(C)=O)C1OC(C)=O. The average Bonchev–Trinajstić information content (AvgIpc) is 3.41. The fraction of sp³-hybridized carbons (Fsp3) is 0.429. The summed E-state index contributed by atoms with van der Waals surface area (Å²) in [6.45, 7) is 3.01. The molecule has 2 aliphatic heterocycles. The third-order valence-corrected chi connectivity index (χ3v) is 5.45. The molecular weight excluding hydrogens is 466 g/mol. The lowest BCUT2D eigenvalue weighted by Gasteiger charge is -2.46. The van der Waals surface area contributed by atoms with E-state index in [0.29, 0.717) is 0 Å². The van der Waals surface area contributed by atoms with E-state index in [1.54, 1.807) is 12.1 Å². The van der Waals surface area contributed by atoms with Gasteiger partial charge in [-0.2, -0.15) is 5.21 Å². The van der Waals surface area contributed by atoms with Crippen LogP contribution in [0.5, 0.6) is 0 Å². The van der Waals surface area contributed by atoms with Crippen LogP contribution in [0.4, 0.5) is 0 Å². The second-order valence-electron chi connectivity index (χ2n) is 7.83. The number of imide groups is 1. The number of hydrogen-bond acceptors (Lipinski definition) is 12. The number of hydrogen-bond donors (Lipinski definition) is 1. The molecule has 0 spiro atoms. The predicted octanol–water partition coefficient (Wildman–Crippen LogP) is -0.269. The normalized spacial score (nSPS) is 25.7. The van der Waals surface area contributed by atoms with Crippen molar-refractivity contribution in [1.82, 2.24) is 25.5 Å². The molecule has 35 heavy (non-hydrogen) atoms. The fourth-order valence-electron chi connectivity index (χ4n) is 4.19. The smallest absolute Gasteiger partial charge is 0.303 e. The Labute approximate surface area is 197 Å². The maximum Gasteiger partial charge on any atom is 0.303 e. The molecule has 1 aromatic carbocycles. The standard InChI is InChI=1S/C21H21N5O9/c1-9(27)32-8-14-16(33-10(2)28)17(34-11(3)29)15(18(35-14)19-22-24-25-23-19)26-20(30)12-6-4-5-7-13(12)21(26)31/h4-7,14-18H,8H2,1-3H3,(H,22,23,24,25). The molecule has 184 valence electrons. The molecule has 1 aromatic heterocycles. The van der Waals surface area contributed by atoms with Crippen LogP contribution in [0.15, 0.2) is 24.3 Å². The van der Waals surface area contributed by atoms with Crippen LogP contribution in [-0.2, 0) is 33.3 Å². The Morgan fingerprint density at radius 3 is 2.09 bits per heavy atom. The summed E-state index contributed by atoms with van der Waals surface area (Å²) in [6.07, 6.45) is -5.22. The van der Waals surface area contributed by atoms with Gasteiger partial charge in [0.15, 0.2) is 12.2 Å². The highest BCUT2D eigenvalue weighted by molar-refractivity contribution is 6.21. The number of amides is 2. The zero-order valence-corrected chi connectivity index (χ0v) is 18.9. The van der Waals surface area contributed by atoms with Crippen LogP contribution in [-0.4, -0.2) is 86.2 Å². The van der Waals surface area contributed by atoms with E-state index < -0.39 is 66.8 Å². The van der Waals surface area contributed by atoms with E-state index in [9.17, 15) is 24.0 Å². The highest BCUT2D eigenvalue weighted by atomic mass is 16.6. The van der Waals surface area contributed by atoms with Crippen molar-refractivity contribution in [1.29, 1.82) is 0 Å². The Kier molecular flexibility index (Phi) is 6.55. The van der Waals surface area contributed by atoms with Crippen LogP contribution in [0.25, 0.3) is 0 Å². The van der Waals surface area contributed by atoms with Crippen molar-refractivity contribution in [3.8, 4) is 0 Å². The van der Waals surface area contributed by atoms with Crippen LogP contribution >= 0.6 is 0 Å². The molecule has 2 amide bonds. The summed E-state index contributed by atoms with van der Waals surface area (Å²) in [5, 5.41) is 13.6. The van der Waals surface area contributed by atoms with Gasteiger partial charge in [-0.05, 0) is 12.1 Å². The number of benzene rings is 1. The monoisotopic (exact) mass is 487 g/mol. The molecule has 0 saturated carbocycles. The van der Waals surface area contributed by atoms with Crippen molar-refractivity contribution in [3.05, 3.63) is 41.2 Å². The third-order valence-electron chi connectivity index (χ3n) is 5.45. The maximum absolute atomic E-state index is 13.3. The lowest BCUT2D eigenvalue weighted by Crippen LogP contribution is -2.64. The van der Waals surface area contributed by atoms with Crippen molar-refractivity contribution in [2.24, 2.45) is 0 Å². The summed E-state index contributed by atoms with van der Waals surface area (Å²) in [7, 11) is 0. The molecule has 4 rings (SSSR count). The summed E-state index contributed by atoms with van der Waals surface area (Å²) in [5.74, 6) is -3.61. The van der Waals surface area contributed by atoms with Crippen LogP contribution < -0.4 is 0 Å². The lowest BCUT2D eigenvalue weighted by atomic mass is 9.90.